The summed E-state index contributed by atoms with van der Waals surface area (Å²) in [5.74, 6) is 0.661. The van der Waals surface area contributed by atoms with Gasteiger partial charge in [-0.2, -0.15) is 5.26 Å². The number of amides is 1. The number of nitrogens with two attached hydrogens (primary N) is 1. The van der Waals surface area contributed by atoms with Crippen LogP contribution in [-0.2, 0) is 4.79 Å². The zero-order valence-corrected chi connectivity index (χ0v) is 12.8. The fraction of sp³-hybridized carbons (Fsp3) is 0.278. The van der Waals surface area contributed by atoms with E-state index in [1.165, 1.54) is 0 Å². The molecule has 1 aromatic heterocycles. The van der Waals surface area contributed by atoms with Crippen LogP contribution in [0.15, 0.2) is 42.6 Å². The van der Waals surface area contributed by atoms with Crippen molar-refractivity contribution in [2.75, 3.05) is 18.0 Å². The molecule has 5 heteroatoms. The largest absolute Gasteiger partial charge is 0.369 e. The van der Waals surface area contributed by atoms with Crippen molar-refractivity contribution in [2.24, 2.45) is 11.7 Å². The Hall–Kier alpha value is -2.87. The van der Waals surface area contributed by atoms with Crippen molar-refractivity contribution in [2.45, 2.75) is 12.8 Å². The van der Waals surface area contributed by atoms with E-state index in [0.717, 1.165) is 42.9 Å². The smallest absolute Gasteiger partial charge is 0.220 e. The number of piperidine rings is 1. The second-order valence-corrected chi connectivity index (χ2v) is 5.76. The Bertz CT molecular complexity index is 758. The summed E-state index contributed by atoms with van der Waals surface area (Å²) >= 11 is 0. The van der Waals surface area contributed by atoms with E-state index in [0.29, 0.717) is 5.56 Å². The lowest BCUT2D eigenvalue weighted by molar-refractivity contribution is -0.122. The lowest BCUT2D eigenvalue weighted by Gasteiger charge is -2.31. The fourth-order valence-corrected chi connectivity index (χ4v) is 2.93. The van der Waals surface area contributed by atoms with E-state index in [2.05, 4.69) is 16.0 Å². The molecule has 1 aromatic carbocycles. The summed E-state index contributed by atoms with van der Waals surface area (Å²) in [5, 5.41) is 9.03. The number of pyridine rings is 1. The van der Waals surface area contributed by atoms with E-state index < -0.39 is 0 Å². The van der Waals surface area contributed by atoms with E-state index in [1.807, 2.05) is 30.3 Å². The van der Waals surface area contributed by atoms with Crippen molar-refractivity contribution in [1.29, 1.82) is 5.26 Å². The predicted molar refractivity (Wildman–Crippen MR) is 88.5 cm³/mol. The zero-order valence-electron chi connectivity index (χ0n) is 12.8. The van der Waals surface area contributed by atoms with Gasteiger partial charge in [-0.25, -0.2) is 4.98 Å². The Balaban J connectivity index is 1.81. The molecule has 1 amide bonds. The van der Waals surface area contributed by atoms with Crippen molar-refractivity contribution in [1.82, 2.24) is 4.98 Å². The summed E-state index contributed by atoms with van der Waals surface area (Å²) in [6.45, 7) is 1.56. The van der Waals surface area contributed by atoms with Gasteiger partial charge >= 0.3 is 0 Å². The molecule has 2 N–H and O–H groups in total. The predicted octanol–water partition coefficient (Wildman–Crippen LogP) is 2.32. The van der Waals surface area contributed by atoms with E-state index >= 15 is 0 Å². The number of carbonyl (C=O) groups excluding carboxylic acids is 1. The van der Waals surface area contributed by atoms with Gasteiger partial charge in [0.25, 0.3) is 0 Å². The van der Waals surface area contributed by atoms with Gasteiger partial charge in [-0.3, -0.25) is 4.79 Å². The molecular weight excluding hydrogens is 288 g/mol. The number of carbonyl (C=O) groups is 1. The number of hydrogen-bond donors (Lipinski definition) is 1. The van der Waals surface area contributed by atoms with Crippen molar-refractivity contribution < 1.29 is 4.79 Å². The number of anilines is 1. The number of nitriles is 1. The molecule has 0 aliphatic carbocycles. The van der Waals surface area contributed by atoms with E-state index in [4.69, 9.17) is 11.0 Å². The van der Waals surface area contributed by atoms with Gasteiger partial charge in [0.05, 0.1) is 11.6 Å². The van der Waals surface area contributed by atoms with Crippen LogP contribution in [0.25, 0.3) is 11.1 Å². The van der Waals surface area contributed by atoms with Gasteiger partial charge < -0.3 is 10.6 Å². The normalized spacial score (nSPS) is 15.2. The molecule has 0 radical (unpaired) electrons. The zero-order chi connectivity index (χ0) is 16.2. The minimum absolute atomic E-state index is 0.0262. The quantitative estimate of drug-likeness (QED) is 0.943. The lowest BCUT2D eigenvalue weighted by Crippen LogP contribution is -2.38. The SMILES string of the molecule is N#Cc1cccc(-c2ccnc(N3CCC(C(N)=O)CC3)c2)c1. The van der Waals surface area contributed by atoms with Crippen LogP contribution in [0.2, 0.25) is 0 Å². The molecule has 1 aliphatic heterocycles. The standard InChI is InChI=1S/C18H18N4O/c19-12-13-2-1-3-15(10-13)16-4-7-21-17(11-16)22-8-5-14(6-9-22)18(20)23/h1-4,7,10-11,14H,5-6,8-9H2,(H2,20,23). The molecule has 1 aliphatic rings. The van der Waals surface area contributed by atoms with Crippen LogP contribution in [0.5, 0.6) is 0 Å². The molecule has 3 rings (SSSR count). The highest BCUT2D eigenvalue weighted by Crippen LogP contribution is 2.26. The molecule has 2 heterocycles. The second-order valence-electron chi connectivity index (χ2n) is 5.76. The van der Waals surface area contributed by atoms with Crippen LogP contribution in [0.1, 0.15) is 18.4 Å². The summed E-state index contributed by atoms with van der Waals surface area (Å²) in [4.78, 5) is 17.9. The van der Waals surface area contributed by atoms with Crippen LogP contribution in [-0.4, -0.2) is 24.0 Å². The van der Waals surface area contributed by atoms with Crippen LogP contribution in [0.3, 0.4) is 0 Å². The Morgan fingerprint density at radius 1 is 1.22 bits per heavy atom. The average molecular weight is 306 g/mol. The number of rotatable bonds is 3. The summed E-state index contributed by atoms with van der Waals surface area (Å²) in [7, 11) is 0. The number of nitrogens with zero attached hydrogens (tertiary/aromatic N) is 3. The highest BCUT2D eigenvalue weighted by atomic mass is 16.1. The van der Waals surface area contributed by atoms with Gasteiger partial charge in [0.2, 0.25) is 5.91 Å². The molecule has 0 saturated carbocycles. The molecule has 0 unspecified atom stereocenters. The lowest BCUT2D eigenvalue weighted by atomic mass is 9.96. The Labute approximate surface area is 135 Å². The molecule has 1 saturated heterocycles. The van der Waals surface area contributed by atoms with E-state index in [9.17, 15) is 4.79 Å². The summed E-state index contributed by atoms with van der Waals surface area (Å²) in [6, 6.07) is 13.7. The topological polar surface area (TPSA) is 83.0 Å². The molecule has 5 nitrogen and oxygen atoms in total. The van der Waals surface area contributed by atoms with Crippen LogP contribution < -0.4 is 10.6 Å². The maximum Gasteiger partial charge on any atom is 0.220 e. The highest BCUT2D eigenvalue weighted by Gasteiger charge is 2.23. The molecule has 1 fully saturated rings. The molecular formula is C18H18N4O. The highest BCUT2D eigenvalue weighted by molar-refractivity contribution is 5.77. The number of hydrogen-bond acceptors (Lipinski definition) is 4. The Morgan fingerprint density at radius 3 is 2.65 bits per heavy atom. The van der Waals surface area contributed by atoms with Gasteiger partial charge in [-0.1, -0.05) is 12.1 Å². The van der Waals surface area contributed by atoms with Gasteiger partial charge in [0.1, 0.15) is 5.82 Å². The maximum atomic E-state index is 11.3. The van der Waals surface area contributed by atoms with Gasteiger partial charge in [-0.05, 0) is 48.2 Å². The summed E-state index contributed by atoms with van der Waals surface area (Å²) in [5.41, 5.74) is 8.05. The molecule has 116 valence electrons. The van der Waals surface area contributed by atoms with Crippen molar-refractivity contribution in [3.8, 4) is 17.2 Å². The maximum absolute atomic E-state index is 11.3. The summed E-state index contributed by atoms with van der Waals surface area (Å²) < 4.78 is 0. The molecule has 0 atom stereocenters. The van der Waals surface area contributed by atoms with Crippen LogP contribution in [0, 0.1) is 17.2 Å². The number of primary amides is 1. The minimum atomic E-state index is -0.209. The fourth-order valence-electron chi connectivity index (χ4n) is 2.93. The monoisotopic (exact) mass is 306 g/mol. The van der Waals surface area contributed by atoms with Crippen molar-refractivity contribution in [3.63, 3.8) is 0 Å². The van der Waals surface area contributed by atoms with Crippen LogP contribution >= 0.6 is 0 Å². The second kappa shape index (κ2) is 6.49. The first-order valence-electron chi connectivity index (χ1n) is 7.68. The van der Waals surface area contributed by atoms with Gasteiger partial charge in [0.15, 0.2) is 0 Å². The third-order valence-electron chi connectivity index (χ3n) is 4.29. The molecule has 0 spiro atoms. The van der Waals surface area contributed by atoms with Crippen molar-refractivity contribution in [3.05, 3.63) is 48.2 Å². The Kier molecular flexibility index (Phi) is 4.24. The van der Waals surface area contributed by atoms with Crippen molar-refractivity contribution >= 4 is 11.7 Å². The third-order valence-corrected chi connectivity index (χ3v) is 4.29. The first kappa shape index (κ1) is 15.0. The van der Waals surface area contributed by atoms with Gasteiger partial charge in [0, 0.05) is 25.2 Å². The Morgan fingerprint density at radius 2 is 1.96 bits per heavy atom. The number of benzene rings is 1. The van der Waals surface area contributed by atoms with Crippen LogP contribution in [0.4, 0.5) is 5.82 Å². The van der Waals surface area contributed by atoms with Gasteiger partial charge in [-0.15, -0.1) is 0 Å². The molecule has 2 aromatic rings. The average Bonchev–Trinajstić information content (AvgIpc) is 2.62. The first-order chi connectivity index (χ1) is 11.2. The summed E-state index contributed by atoms with van der Waals surface area (Å²) in [6.07, 6.45) is 3.32. The molecule has 0 bridgehead atoms. The molecule has 23 heavy (non-hydrogen) atoms. The number of aromatic nitrogens is 1. The minimum Gasteiger partial charge on any atom is -0.369 e. The van der Waals surface area contributed by atoms with E-state index in [1.54, 1.807) is 12.3 Å². The van der Waals surface area contributed by atoms with E-state index in [-0.39, 0.29) is 11.8 Å². The first-order valence-corrected chi connectivity index (χ1v) is 7.68. The third kappa shape index (κ3) is 3.32.